The zero-order valence-corrected chi connectivity index (χ0v) is 13.3. The molecule has 0 radical (unpaired) electrons. The van der Waals surface area contributed by atoms with Crippen LogP contribution in [0.25, 0.3) is 0 Å². The molecule has 1 aromatic rings. The van der Waals surface area contributed by atoms with Crippen LogP contribution in [0.2, 0.25) is 0 Å². The topological polar surface area (TPSA) is 63.5 Å². The van der Waals surface area contributed by atoms with Gasteiger partial charge in [-0.1, -0.05) is 0 Å². The number of nitrogens with one attached hydrogen (secondary N) is 2. The Labute approximate surface area is 125 Å². The van der Waals surface area contributed by atoms with Crippen LogP contribution in [0, 0.1) is 0 Å². The third kappa shape index (κ3) is 7.49. The Hall–Kier alpha value is -0.830. The molecule has 18 heavy (non-hydrogen) atoms. The number of hydrogen-bond acceptors (Lipinski definition) is 3. The van der Waals surface area contributed by atoms with Gasteiger partial charge in [-0.05, 0) is 13.0 Å². The highest BCUT2D eigenvalue weighted by atomic mass is 127. The number of halogens is 1. The Morgan fingerprint density at radius 3 is 2.89 bits per heavy atom. The average molecular weight is 367 g/mol. The van der Waals surface area contributed by atoms with E-state index in [0.29, 0.717) is 13.2 Å². The smallest absolute Gasteiger partial charge is 0.191 e. The van der Waals surface area contributed by atoms with Crippen molar-refractivity contribution in [3.8, 4) is 0 Å². The van der Waals surface area contributed by atoms with Crippen LogP contribution >= 0.6 is 24.0 Å². The van der Waals surface area contributed by atoms with E-state index in [0.717, 1.165) is 25.6 Å². The molecule has 0 aromatic carbocycles. The van der Waals surface area contributed by atoms with E-state index in [-0.39, 0.29) is 24.0 Å². The van der Waals surface area contributed by atoms with Crippen LogP contribution in [0.1, 0.15) is 6.92 Å². The molecule has 0 aliphatic rings. The molecule has 0 fully saturated rings. The maximum atomic E-state index is 4.96. The van der Waals surface area contributed by atoms with E-state index in [9.17, 15) is 0 Å². The molecule has 6 nitrogen and oxygen atoms in total. The zero-order chi connectivity index (χ0) is 12.3. The van der Waals surface area contributed by atoms with E-state index >= 15 is 0 Å². The number of methoxy groups -OCH3 is 1. The van der Waals surface area contributed by atoms with Crippen LogP contribution in [0.4, 0.5) is 0 Å². The molecule has 0 bridgehead atoms. The van der Waals surface area contributed by atoms with Gasteiger partial charge in [0.25, 0.3) is 0 Å². The lowest BCUT2D eigenvalue weighted by molar-refractivity contribution is 0.208. The first-order valence-corrected chi connectivity index (χ1v) is 5.85. The molecule has 0 amide bonds. The van der Waals surface area contributed by atoms with Gasteiger partial charge in [-0.25, -0.2) is 0 Å². The summed E-state index contributed by atoms with van der Waals surface area (Å²) in [5.41, 5.74) is 0. The summed E-state index contributed by atoms with van der Waals surface area (Å²) in [7, 11) is 1.67. The van der Waals surface area contributed by atoms with Crippen molar-refractivity contribution in [2.45, 2.75) is 13.5 Å². The van der Waals surface area contributed by atoms with E-state index in [1.165, 1.54) is 0 Å². The minimum Gasteiger partial charge on any atom is -0.383 e. The molecule has 0 aliphatic heterocycles. The molecular weight excluding hydrogens is 345 g/mol. The normalized spacial score (nSPS) is 10.9. The second kappa shape index (κ2) is 11.3. The lowest BCUT2D eigenvalue weighted by Crippen LogP contribution is -2.39. The molecule has 1 heterocycles. The summed E-state index contributed by atoms with van der Waals surface area (Å²) in [6.45, 7) is 5.80. The predicted molar refractivity (Wildman–Crippen MR) is 83.5 cm³/mol. The van der Waals surface area contributed by atoms with Gasteiger partial charge >= 0.3 is 0 Å². The van der Waals surface area contributed by atoms with Crippen molar-refractivity contribution in [2.75, 3.05) is 33.4 Å². The standard InChI is InChI=1S/C11H21N5O.HI/c1-3-12-11(14-7-10-17-2)13-6-9-16-8-4-5-15-16;/h4-5,8H,3,6-7,9-10H2,1-2H3,(H2,12,13,14);1H. The van der Waals surface area contributed by atoms with Gasteiger partial charge < -0.3 is 15.4 Å². The minimum atomic E-state index is 0. The van der Waals surface area contributed by atoms with E-state index in [1.54, 1.807) is 13.3 Å². The quantitative estimate of drug-likeness (QED) is 0.322. The molecule has 0 atom stereocenters. The second-order valence-electron chi connectivity index (χ2n) is 3.45. The van der Waals surface area contributed by atoms with Crippen molar-refractivity contribution < 1.29 is 4.74 Å². The van der Waals surface area contributed by atoms with E-state index in [2.05, 4.69) is 20.7 Å². The molecule has 7 heteroatoms. The van der Waals surface area contributed by atoms with Gasteiger partial charge in [0.2, 0.25) is 0 Å². The fraction of sp³-hybridized carbons (Fsp3) is 0.636. The van der Waals surface area contributed by atoms with E-state index < -0.39 is 0 Å². The van der Waals surface area contributed by atoms with Gasteiger partial charge in [0, 0.05) is 32.6 Å². The molecule has 1 rings (SSSR count). The molecule has 1 aromatic heterocycles. The van der Waals surface area contributed by atoms with Crippen LogP contribution in [-0.4, -0.2) is 49.1 Å². The van der Waals surface area contributed by atoms with Crippen LogP contribution < -0.4 is 10.6 Å². The number of nitrogens with zero attached hydrogens (tertiary/aromatic N) is 3. The molecule has 0 unspecified atom stereocenters. The Morgan fingerprint density at radius 2 is 2.28 bits per heavy atom. The van der Waals surface area contributed by atoms with Gasteiger partial charge in [-0.3, -0.25) is 9.67 Å². The molecule has 2 N–H and O–H groups in total. The largest absolute Gasteiger partial charge is 0.383 e. The Morgan fingerprint density at radius 1 is 1.44 bits per heavy atom. The van der Waals surface area contributed by atoms with E-state index in [4.69, 9.17) is 4.74 Å². The molecule has 0 spiro atoms. The maximum Gasteiger partial charge on any atom is 0.191 e. The molecule has 0 aliphatic carbocycles. The van der Waals surface area contributed by atoms with Crippen LogP contribution in [0.3, 0.4) is 0 Å². The number of aliphatic imine (C=N–C) groups is 1. The number of hydrogen-bond donors (Lipinski definition) is 2. The number of guanidine groups is 1. The summed E-state index contributed by atoms with van der Waals surface area (Å²) in [5.74, 6) is 0.816. The van der Waals surface area contributed by atoms with Crippen molar-refractivity contribution in [2.24, 2.45) is 4.99 Å². The summed E-state index contributed by atoms with van der Waals surface area (Å²) in [6.07, 6.45) is 3.72. The molecular formula is C11H22IN5O. The van der Waals surface area contributed by atoms with Gasteiger partial charge in [0.1, 0.15) is 0 Å². The number of ether oxygens (including phenoxy) is 1. The lowest BCUT2D eigenvalue weighted by atomic mass is 10.6. The highest BCUT2D eigenvalue weighted by molar-refractivity contribution is 14.0. The van der Waals surface area contributed by atoms with Gasteiger partial charge in [0.15, 0.2) is 5.96 Å². The van der Waals surface area contributed by atoms with Crippen LogP contribution in [0.15, 0.2) is 23.5 Å². The predicted octanol–water partition coefficient (Wildman–Crippen LogP) is 0.703. The first kappa shape index (κ1) is 17.2. The second-order valence-corrected chi connectivity index (χ2v) is 3.45. The van der Waals surface area contributed by atoms with Gasteiger partial charge in [-0.15, -0.1) is 24.0 Å². The summed E-state index contributed by atoms with van der Waals surface area (Å²) in [5, 5.41) is 10.5. The Bertz CT molecular complexity index is 315. The van der Waals surface area contributed by atoms with Crippen molar-refractivity contribution in [3.63, 3.8) is 0 Å². The van der Waals surface area contributed by atoms with Crippen molar-refractivity contribution in [1.29, 1.82) is 0 Å². The summed E-state index contributed by atoms with van der Waals surface area (Å²) >= 11 is 0. The fourth-order valence-corrected chi connectivity index (χ4v) is 1.31. The third-order valence-corrected chi connectivity index (χ3v) is 2.10. The highest BCUT2D eigenvalue weighted by Gasteiger charge is 1.96. The Balaban J connectivity index is 0.00000289. The summed E-state index contributed by atoms with van der Waals surface area (Å²) < 4.78 is 6.84. The summed E-state index contributed by atoms with van der Waals surface area (Å²) in [6, 6.07) is 1.91. The van der Waals surface area contributed by atoms with Gasteiger partial charge in [-0.2, -0.15) is 5.10 Å². The van der Waals surface area contributed by atoms with Crippen LogP contribution in [0.5, 0.6) is 0 Å². The third-order valence-electron chi connectivity index (χ3n) is 2.10. The number of rotatable bonds is 7. The van der Waals surface area contributed by atoms with Gasteiger partial charge in [0.05, 0.1) is 19.7 Å². The van der Waals surface area contributed by atoms with Crippen molar-refractivity contribution in [3.05, 3.63) is 18.5 Å². The summed E-state index contributed by atoms with van der Waals surface area (Å²) in [4.78, 5) is 4.36. The maximum absolute atomic E-state index is 4.96. The lowest BCUT2D eigenvalue weighted by Gasteiger charge is -2.11. The monoisotopic (exact) mass is 367 g/mol. The SMILES string of the molecule is CCNC(=NCCOC)NCCn1cccn1.I. The first-order chi connectivity index (χ1) is 8.36. The highest BCUT2D eigenvalue weighted by Crippen LogP contribution is 1.83. The fourth-order valence-electron chi connectivity index (χ4n) is 1.31. The van der Waals surface area contributed by atoms with Crippen molar-refractivity contribution in [1.82, 2.24) is 20.4 Å². The molecule has 0 saturated heterocycles. The molecule has 104 valence electrons. The average Bonchev–Trinajstić information content (AvgIpc) is 2.82. The van der Waals surface area contributed by atoms with Crippen LogP contribution in [-0.2, 0) is 11.3 Å². The van der Waals surface area contributed by atoms with Crippen molar-refractivity contribution >= 4 is 29.9 Å². The number of aromatic nitrogens is 2. The first-order valence-electron chi connectivity index (χ1n) is 5.85. The van der Waals surface area contributed by atoms with E-state index in [1.807, 2.05) is 23.9 Å². The zero-order valence-electron chi connectivity index (χ0n) is 10.9. The minimum absolute atomic E-state index is 0. The molecule has 0 saturated carbocycles. The Kier molecular flexibility index (Phi) is 10.8.